The molecule has 0 aliphatic heterocycles. The van der Waals surface area contributed by atoms with Gasteiger partial charge < -0.3 is 20.3 Å². The molecule has 2 N–H and O–H groups in total. The number of amides is 3. The summed E-state index contributed by atoms with van der Waals surface area (Å²) >= 11 is 6.50. The van der Waals surface area contributed by atoms with Gasteiger partial charge in [-0.15, -0.1) is 0 Å². The summed E-state index contributed by atoms with van der Waals surface area (Å²) in [5.41, 5.74) is 2.31. The van der Waals surface area contributed by atoms with E-state index in [0.29, 0.717) is 35.0 Å². The number of aryl methyl sites for hydroxylation is 2. The Balaban J connectivity index is 2.66. The molecule has 7 nitrogen and oxygen atoms in total. The number of halogens is 1. The third-order valence-electron chi connectivity index (χ3n) is 6.98. The van der Waals surface area contributed by atoms with Crippen LogP contribution >= 0.6 is 11.6 Å². The highest BCUT2D eigenvalue weighted by molar-refractivity contribution is 6.34. The highest BCUT2D eigenvalue weighted by atomic mass is 35.5. The van der Waals surface area contributed by atoms with E-state index in [0.717, 1.165) is 17.5 Å². The second-order valence-corrected chi connectivity index (χ2v) is 13.5. The van der Waals surface area contributed by atoms with Gasteiger partial charge in [0.1, 0.15) is 17.7 Å². The van der Waals surface area contributed by atoms with Crippen LogP contribution in [-0.4, -0.2) is 40.5 Å². The van der Waals surface area contributed by atoms with Gasteiger partial charge in [0.05, 0.1) is 10.7 Å². The van der Waals surface area contributed by atoms with Crippen molar-refractivity contribution in [3.63, 3.8) is 0 Å². The quantitative estimate of drug-likeness (QED) is 0.257. The van der Waals surface area contributed by atoms with E-state index >= 15 is 0 Å². The molecule has 0 aliphatic rings. The fraction of sp³-hybridized carbons (Fsp3) is 0.559. The van der Waals surface area contributed by atoms with Crippen molar-refractivity contribution in [3.8, 4) is 0 Å². The molecule has 2 aromatic carbocycles. The molecule has 232 valence electrons. The van der Waals surface area contributed by atoms with E-state index in [1.54, 1.807) is 31.7 Å². The highest BCUT2D eigenvalue weighted by Crippen LogP contribution is 2.32. The zero-order valence-electron chi connectivity index (χ0n) is 27.0. The van der Waals surface area contributed by atoms with Crippen LogP contribution in [0, 0.1) is 25.7 Å². The Hall–Kier alpha value is -3.06. The van der Waals surface area contributed by atoms with Crippen LogP contribution in [0.1, 0.15) is 97.4 Å². The lowest BCUT2D eigenvalue weighted by molar-refractivity contribution is -0.144. The Kier molecular flexibility index (Phi) is 12.9. The van der Waals surface area contributed by atoms with Crippen LogP contribution in [0.25, 0.3) is 0 Å². The Labute approximate surface area is 257 Å². The minimum absolute atomic E-state index is 0.0964. The topological polar surface area (TPSA) is 87.7 Å². The maximum atomic E-state index is 14.6. The number of alkyl carbamates (subject to hydrolysis) is 1. The first-order valence-corrected chi connectivity index (χ1v) is 15.3. The number of carbonyl (C=O) groups is 3. The molecule has 8 heteroatoms. The van der Waals surface area contributed by atoms with Gasteiger partial charge >= 0.3 is 6.09 Å². The predicted molar refractivity (Wildman–Crippen MR) is 172 cm³/mol. The second-order valence-electron chi connectivity index (χ2n) is 13.1. The molecule has 0 bridgehead atoms. The largest absolute Gasteiger partial charge is 0.444 e. The Bertz CT molecular complexity index is 1180. The monoisotopic (exact) mass is 599 g/mol. The van der Waals surface area contributed by atoms with Crippen molar-refractivity contribution in [1.29, 1.82) is 0 Å². The summed E-state index contributed by atoms with van der Waals surface area (Å²) in [6, 6.07) is 10.9. The number of nitrogens with one attached hydrogen (secondary N) is 2. The molecule has 0 radical (unpaired) electrons. The zero-order chi connectivity index (χ0) is 31.8. The lowest BCUT2D eigenvalue weighted by atomic mass is 9.95. The van der Waals surface area contributed by atoms with E-state index in [1.807, 2.05) is 71.0 Å². The van der Waals surface area contributed by atoms with E-state index in [-0.39, 0.29) is 23.8 Å². The molecule has 2 aromatic rings. The van der Waals surface area contributed by atoms with Gasteiger partial charge in [0.15, 0.2) is 0 Å². The number of hydrogen-bond donors (Lipinski definition) is 2. The Morgan fingerprint density at radius 3 is 2.05 bits per heavy atom. The number of hydrogen-bond acceptors (Lipinski definition) is 4. The van der Waals surface area contributed by atoms with Crippen molar-refractivity contribution in [2.24, 2.45) is 11.8 Å². The van der Waals surface area contributed by atoms with Crippen molar-refractivity contribution in [3.05, 3.63) is 64.2 Å². The summed E-state index contributed by atoms with van der Waals surface area (Å²) < 4.78 is 5.52. The molecule has 2 rings (SSSR count). The van der Waals surface area contributed by atoms with Crippen LogP contribution in [0.3, 0.4) is 0 Å². The van der Waals surface area contributed by atoms with Gasteiger partial charge in [0, 0.05) is 6.04 Å². The molecule has 0 heterocycles. The summed E-state index contributed by atoms with van der Waals surface area (Å²) in [5.74, 6) is -0.199. The summed E-state index contributed by atoms with van der Waals surface area (Å²) in [6.07, 6.45) is 1.27. The lowest BCUT2D eigenvalue weighted by Gasteiger charge is -2.39. The average Bonchev–Trinajstić information content (AvgIpc) is 2.86. The highest BCUT2D eigenvalue weighted by Gasteiger charge is 2.39. The molecular weight excluding hydrogens is 550 g/mol. The van der Waals surface area contributed by atoms with Crippen molar-refractivity contribution < 1.29 is 19.1 Å². The van der Waals surface area contributed by atoms with Gasteiger partial charge in [-0.05, 0) is 89.8 Å². The zero-order valence-corrected chi connectivity index (χ0v) is 27.8. The number of benzene rings is 2. The van der Waals surface area contributed by atoms with Gasteiger partial charge in [-0.3, -0.25) is 9.59 Å². The van der Waals surface area contributed by atoms with E-state index in [1.165, 1.54) is 0 Å². The van der Waals surface area contributed by atoms with Gasteiger partial charge in [0.2, 0.25) is 5.91 Å². The molecule has 0 spiro atoms. The van der Waals surface area contributed by atoms with Crippen LogP contribution in [0.5, 0.6) is 0 Å². The summed E-state index contributed by atoms with van der Waals surface area (Å²) in [5, 5.41) is 6.26. The van der Waals surface area contributed by atoms with Crippen LogP contribution in [0.15, 0.2) is 42.5 Å². The number of anilines is 1. The molecule has 0 fully saturated rings. The fourth-order valence-electron chi connectivity index (χ4n) is 4.80. The Morgan fingerprint density at radius 2 is 1.52 bits per heavy atom. The number of rotatable bonds is 12. The van der Waals surface area contributed by atoms with E-state index in [9.17, 15) is 14.4 Å². The van der Waals surface area contributed by atoms with Crippen LogP contribution in [0.2, 0.25) is 5.02 Å². The van der Waals surface area contributed by atoms with Crippen LogP contribution in [0.4, 0.5) is 10.5 Å². The van der Waals surface area contributed by atoms with Gasteiger partial charge in [-0.1, -0.05) is 81.3 Å². The van der Waals surface area contributed by atoms with E-state index < -0.39 is 23.8 Å². The fourth-order valence-corrected chi connectivity index (χ4v) is 5.07. The predicted octanol–water partition coefficient (Wildman–Crippen LogP) is 8.23. The first-order valence-electron chi connectivity index (χ1n) is 14.9. The molecule has 3 unspecified atom stereocenters. The van der Waals surface area contributed by atoms with Gasteiger partial charge in [0.25, 0.3) is 5.91 Å². The van der Waals surface area contributed by atoms with Crippen molar-refractivity contribution in [1.82, 2.24) is 10.2 Å². The van der Waals surface area contributed by atoms with Crippen molar-refractivity contribution >= 4 is 35.2 Å². The van der Waals surface area contributed by atoms with E-state index in [2.05, 4.69) is 24.5 Å². The molecule has 42 heavy (non-hydrogen) atoms. The smallest absolute Gasteiger partial charge is 0.408 e. The minimum Gasteiger partial charge on any atom is -0.444 e. The van der Waals surface area contributed by atoms with Gasteiger partial charge in [-0.2, -0.15) is 0 Å². The minimum atomic E-state index is -0.967. The summed E-state index contributed by atoms with van der Waals surface area (Å²) in [6.45, 7) is 19.4. The second kappa shape index (κ2) is 15.4. The Morgan fingerprint density at radius 1 is 0.905 bits per heavy atom. The third kappa shape index (κ3) is 10.6. The standard InChI is InChI=1S/C34H50ClN3O4/c1-21(2)14-17-25(7)38(32(40)28(20-22(3)4)36-33(41)42-34(8,9)10)30(26-18-15-23(5)16-19-26)31(39)37-29-24(6)12-11-13-27(29)35/h11-13,15-16,18-19,21-22,25,28,30H,14,17,20H2,1-10H3,(H,36,41)(H,37,39). The van der Waals surface area contributed by atoms with Crippen molar-refractivity contribution in [2.45, 2.75) is 112 Å². The van der Waals surface area contributed by atoms with Crippen molar-refractivity contribution in [2.75, 3.05) is 5.32 Å². The number of carbonyl (C=O) groups excluding carboxylic acids is 3. The van der Waals surface area contributed by atoms with E-state index in [4.69, 9.17) is 16.3 Å². The summed E-state index contributed by atoms with van der Waals surface area (Å²) in [7, 11) is 0. The molecule has 3 atom stereocenters. The van der Waals surface area contributed by atoms with Crippen LogP contribution < -0.4 is 10.6 Å². The normalized spacial score (nSPS) is 13.8. The first-order chi connectivity index (χ1) is 19.5. The third-order valence-corrected chi connectivity index (χ3v) is 7.29. The summed E-state index contributed by atoms with van der Waals surface area (Å²) in [4.78, 5) is 43.4. The van der Waals surface area contributed by atoms with Crippen LogP contribution in [-0.2, 0) is 14.3 Å². The maximum absolute atomic E-state index is 14.6. The number of ether oxygens (including phenoxy) is 1. The molecule has 0 saturated carbocycles. The molecular formula is C34H50ClN3O4. The maximum Gasteiger partial charge on any atom is 0.408 e. The molecule has 0 aliphatic carbocycles. The number of nitrogens with zero attached hydrogens (tertiary/aromatic N) is 1. The lowest BCUT2D eigenvalue weighted by Crippen LogP contribution is -2.55. The molecule has 3 amide bonds. The molecule has 0 saturated heterocycles. The SMILES string of the molecule is Cc1ccc(C(C(=O)Nc2c(C)cccc2Cl)N(C(=O)C(CC(C)C)NC(=O)OC(C)(C)C)C(C)CCC(C)C)cc1. The van der Waals surface area contributed by atoms with Gasteiger partial charge in [-0.25, -0.2) is 4.79 Å². The molecule has 0 aromatic heterocycles. The first kappa shape index (κ1) is 35.1. The average molecular weight is 600 g/mol. The number of para-hydroxylation sites is 1.